The molecule has 4 aliphatic rings. The number of rotatable bonds is 5. The monoisotopic (exact) mass is 423 g/mol. The maximum atomic E-state index is 4.56. The van der Waals surface area contributed by atoms with Gasteiger partial charge in [-0.05, 0) is 125 Å². The van der Waals surface area contributed by atoms with Gasteiger partial charge >= 0.3 is 0 Å². The van der Waals surface area contributed by atoms with Crippen molar-refractivity contribution in [2.75, 3.05) is 0 Å². The van der Waals surface area contributed by atoms with Crippen LogP contribution in [0.4, 0.5) is 0 Å². The zero-order chi connectivity index (χ0) is 22.4. The fraction of sp³-hybridized carbons (Fsp3) is 0.800. The quantitative estimate of drug-likeness (QED) is 0.436. The number of hydrogen-bond donors (Lipinski definition) is 1. The topological polar surface area (TPSA) is 12.0 Å². The van der Waals surface area contributed by atoms with Gasteiger partial charge in [0.15, 0.2) is 0 Å². The fourth-order valence-corrected chi connectivity index (χ4v) is 8.75. The molecule has 1 N–H and O–H groups in total. The summed E-state index contributed by atoms with van der Waals surface area (Å²) in [5, 5.41) is 3.69. The Kier molecular flexibility index (Phi) is 6.55. The highest BCUT2D eigenvalue weighted by Gasteiger charge is 2.57. The summed E-state index contributed by atoms with van der Waals surface area (Å²) in [6, 6.07) is 0. The van der Waals surface area contributed by atoms with Gasteiger partial charge in [-0.3, -0.25) is 0 Å². The van der Waals surface area contributed by atoms with Crippen LogP contribution >= 0.6 is 0 Å². The van der Waals surface area contributed by atoms with Crippen molar-refractivity contribution in [3.8, 4) is 0 Å². The summed E-state index contributed by atoms with van der Waals surface area (Å²) in [5.74, 6) is 5.65. The lowest BCUT2D eigenvalue weighted by Crippen LogP contribution is -2.49. The molecule has 31 heavy (non-hydrogen) atoms. The largest absolute Gasteiger partial charge is 0.363 e. The molecule has 1 heteroatoms. The predicted molar refractivity (Wildman–Crippen MR) is 134 cm³/mol. The van der Waals surface area contributed by atoms with Gasteiger partial charge < -0.3 is 5.32 Å². The Hall–Kier alpha value is -0.980. The van der Waals surface area contributed by atoms with E-state index in [4.69, 9.17) is 0 Å². The Balaban J connectivity index is 1.45. The summed E-state index contributed by atoms with van der Waals surface area (Å²) in [6.45, 7) is 18.7. The highest BCUT2D eigenvalue weighted by molar-refractivity contribution is 5.21. The van der Waals surface area contributed by atoms with E-state index >= 15 is 0 Å². The Bertz CT molecular complexity index is 740. The third-order valence-corrected chi connectivity index (χ3v) is 10.7. The van der Waals surface area contributed by atoms with Crippen molar-refractivity contribution in [2.45, 2.75) is 106 Å². The second-order valence-corrected chi connectivity index (χ2v) is 12.8. The Morgan fingerprint density at radius 2 is 1.65 bits per heavy atom. The molecule has 4 saturated carbocycles. The van der Waals surface area contributed by atoms with Crippen molar-refractivity contribution in [3.63, 3.8) is 0 Å². The van der Waals surface area contributed by atoms with Crippen molar-refractivity contribution in [3.05, 3.63) is 35.7 Å². The third-order valence-electron chi connectivity index (χ3n) is 10.7. The lowest BCUT2D eigenvalue weighted by atomic mass is 9.48. The summed E-state index contributed by atoms with van der Waals surface area (Å²) >= 11 is 0. The van der Waals surface area contributed by atoms with Crippen LogP contribution in [0.5, 0.6) is 0 Å². The van der Waals surface area contributed by atoms with E-state index in [-0.39, 0.29) is 0 Å². The maximum Gasteiger partial charge on any atom is 0.0117 e. The van der Waals surface area contributed by atoms with E-state index in [0.717, 1.165) is 29.6 Å². The first-order valence-corrected chi connectivity index (χ1v) is 13.4. The maximum absolute atomic E-state index is 4.56. The Labute approximate surface area is 193 Å². The van der Waals surface area contributed by atoms with Crippen LogP contribution in [0.3, 0.4) is 0 Å². The van der Waals surface area contributed by atoms with E-state index in [1.807, 2.05) is 0 Å². The van der Waals surface area contributed by atoms with Crippen LogP contribution in [0.1, 0.15) is 106 Å². The highest BCUT2D eigenvalue weighted by Crippen LogP contribution is 2.66. The molecule has 0 heterocycles. The molecular formula is C30H49N. The van der Waals surface area contributed by atoms with E-state index < -0.39 is 0 Å². The smallest absolute Gasteiger partial charge is 0.0117 e. The second kappa shape index (κ2) is 8.75. The molecule has 1 nitrogen and oxygen atoms in total. The molecule has 0 bridgehead atoms. The van der Waals surface area contributed by atoms with Gasteiger partial charge in [0.05, 0.1) is 0 Å². The van der Waals surface area contributed by atoms with Crippen molar-refractivity contribution >= 4 is 0 Å². The molecule has 0 spiro atoms. The van der Waals surface area contributed by atoms with E-state index in [0.29, 0.717) is 16.7 Å². The first kappa shape index (κ1) is 23.2. The molecule has 0 aromatic rings. The first-order valence-electron chi connectivity index (χ1n) is 13.4. The third kappa shape index (κ3) is 4.32. The summed E-state index contributed by atoms with van der Waals surface area (Å²) in [6.07, 6.45) is 19.0. The van der Waals surface area contributed by atoms with Gasteiger partial charge in [-0.2, -0.15) is 0 Å². The molecule has 0 saturated heterocycles. The van der Waals surface area contributed by atoms with Gasteiger partial charge in [-0.15, -0.1) is 0 Å². The summed E-state index contributed by atoms with van der Waals surface area (Å²) in [4.78, 5) is 0. The minimum absolute atomic E-state index is 0.460. The Morgan fingerprint density at radius 1 is 0.903 bits per heavy atom. The molecule has 4 rings (SSSR count). The standard InChI is InChI=1S/C30H49N/c1-8-29(6)17-15-24-23(19-29)11-12-26-25(24)16-18-30(7)27(13-14-28(26)30)22(5)31-21(4)10-9-20(2)3/h9-10,23-28,31H,5,8,11-19H2,1-4,6-7H3/b21-10+/t23?,24?,25-,26?,27?,28?,29+,30?/m1/s1. The van der Waals surface area contributed by atoms with E-state index in [2.05, 4.69) is 65.6 Å². The van der Waals surface area contributed by atoms with Gasteiger partial charge in [-0.1, -0.05) is 45.4 Å². The van der Waals surface area contributed by atoms with Crippen LogP contribution in [0.25, 0.3) is 0 Å². The van der Waals surface area contributed by atoms with Crippen molar-refractivity contribution in [1.82, 2.24) is 5.32 Å². The molecule has 174 valence electrons. The number of hydrogen-bond acceptors (Lipinski definition) is 1. The summed E-state index contributed by atoms with van der Waals surface area (Å²) < 4.78 is 0. The van der Waals surface area contributed by atoms with Crippen molar-refractivity contribution in [1.29, 1.82) is 0 Å². The lowest BCUT2D eigenvalue weighted by Gasteiger charge is -2.57. The molecule has 0 aromatic carbocycles. The van der Waals surface area contributed by atoms with Gasteiger partial charge in [0.2, 0.25) is 0 Å². The molecule has 0 radical (unpaired) electrons. The zero-order valence-corrected chi connectivity index (χ0v) is 21.4. The average Bonchev–Trinajstić information content (AvgIpc) is 3.09. The minimum atomic E-state index is 0.460. The second-order valence-electron chi connectivity index (χ2n) is 12.8. The van der Waals surface area contributed by atoms with Crippen LogP contribution < -0.4 is 5.32 Å². The Morgan fingerprint density at radius 3 is 2.35 bits per heavy atom. The van der Waals surface area contributed by atoms with Crippen molar-refractivity contribution < 1.29 is 0 Å². The van der Waals surface area contributed by atoms with E-state index in [1.165, 1.54) is 81.2 Å². The van der Waals surface area contributed by atoms with E-state index in [1.54, 1.807) is 0 Å². The molecule has 4 aliphatic carbocycles. The number of nitrogens with one attached hydrogen (secondary N) is 1. The van der Waals surface area contributed by atoms with Crippen LogP contribution in [-0.4, -0.2) is 0 Å². The van der Waals surface area contributed by atoms with Crippen LogP contribution in [-0.2, 0) is 0 Å². The van der Waals surface area contributed by atoms with Gasteiger partial charge in [0.25, 0.3) is 0 Å². The number of fused-ring (bicyclic) bond motifs is 5. The number of allylic oxidation sites excluding steroid dienone is 5. The average molecular weight is 424 g/mol. The lowest BCUT2D eigenvalue weighted by molar-refractivity contribution is -0.0755. The molecule has 8 atom stereocenters. The first-order chi connectivity index (χ1) is 14.7. The normalized spacial score (nSPS) is 44.6. The fourth-order valence-electron chi connectivity index (χ4n) is 8.75. The predicted octanol–water partition coefficient (Wildman–Crippen LogP) is 8.64. The van der Waals surface area contributed by atoms with Crippen LogP contribution in [0.15, 0.2) is 35.7 Å². The van der Waals surface area contributed by atoms with Crippen LogP contribution in [0.2, 0.25) is 0 Å². The molecular weight excluding hydrogens is 374 g/mol. The molecule has 0 aliphatic heterocycles. The minimum Gasteiger partial charge on any atom is -0.363 e. The highest BCUT2D eigenvalue weighted by atomic mass is 14.9. The van der Waals surface area contributed by atoms with Crippen LogP contribution in [0, 0.1) is 46.3 Å². The zero-order valence-electron chi connectivity index (χ0n) is 21.4. The van der Waals surface area contributed by atoms with Crippen molar-refractivity contribution in [2.24, 2.45) is 46.3 Å². The molecule has 6 unspecified atom stereocenters. The van der Waals surface area contributed by atoms with Gasteiger partial charge in [-0.25, -0.2) is 0 Å². The van der Waals surface area contributed by atoms with E-state index in [9.17, 15) is 0 Å². The summed E-state index contributed by atoms with van der Waals surface area (Å²) in [7, 11) is 0. The van der Waals surface area contributed by atoms with Gasteiger partial charge in [0.1, 0.15) is 0 Å². The molecule has 4 fully saturated rings. The molecule has 0 aromatic heterocycles. The van der Waals surface area contributed by atoms with Gasteiger partial charge in [0, 0.05) is 17.3 Å². The molecule has 0 amide bonds. The SMILES string of the molecule is C=C(N/C(C)=C/C=C(C)C)C1CCC2C3CCC4C[C@@](C)(CC)CCC4[C@H]3CCC12C. The summed E-state index contributed by atoms with van der Waals surface area (Å²) in [5.41, 5.74) is 4.95.